The molecule has 3 N–H and O–H groups in total. The van der Waals surface area contributed by atoms with E-state index in [0.717, 1.165) is 28.6 Å². The fraction of sp³-hybridized carbons (Fsp3) is 0.812. The van der Waals surface area contributed by atoms with Crippen LogP contribution in [-0.2, 0) is 7.05 Å². The van der Waals surface area contributed by atoms with E-state index in [1.54, 1.807) is 0 Å². The molecule has 0 aliphatic heterocycles. The number of aryl methyl sites for hydroxylation is 1. The van der Waals surface area contributed by atoms with Gasteiger partial charge in [-0.05, 0) is 84.0 Å². The van der Waals surface area contributed by atoms with Gasteiger partial charge in [0.05, 0.1) is 22.4 Å². The van der Waals surface area contributed by atoms with Crippen molar-refractivity contribution in [2.24, 2.45) is 36.1 Å². The first kappa shape index (κ1) is 14.2. The Morgan fingerprint density at radius 1 is 1.33 bits per heavy atom. The zero-order chi connectivity index (χ0) is 14.6. The fourth-order valence-corrected chi connectivity index (χ4v) is 6.64. The molecule has 0 spiro atoms. The lowest BCUT2D eigenvalue weighted by atomic mass is 9.48. The monoisotopic (exact) mass is 352 g/mol. The van der Waals surface area contributed by atoms with E-state index in [-0.39, 0.29) is 6.04 Å². The van der Waals surface area contributed by atoms with Crippen molar-refractivity contribution in [1.29, 1.82) is 0 Å². The maximum Gasteiger partial charge on any atom is 0.0706 e. The first-order chi connectivity index (χ1) is 10.1. The van der Waals surface area contributed by atoms with Gasteiger partial charge in [-0.25, -0.2) is 0 Å². The maximum atomic E-state index is 5.92. The van der Waals surface area contributed by atoms with Gasteiger partial charge in [0.1, 0.15) is 0 Å². The van der Waals surface area contributed by atoms with Gasteiger partial charge in [0, 0.05) is 7.05 Å². The van der Waals surface area contributed by atoms with Crippen LogP contribution in [0.15, 0.2) is 10.7 Å². The molecule has 1 aromatic rings. The molecular weight excluding hydrogens is 328 g/mol. The molecule has 0 amide bonds. The number of aromatic nitrogens is 2. The summed E-state index contributed by atoms with van der Waals surface area (Å²) < 4.78 is 3.02. The minimum atomic E-state index is 0.197. The van der Waals surface area contributed by atoms with Crippen LogP contribution in [0.1, 0.15) is 56.7 Å². The Kier molecular flexibility index (Phi) is 3.43. The van der Waals surface area contributed by atoms with Crippen molar-refractivity contribution in [1.82, 2.24) is 15.2 Å². The zero-order valence-electron chi connectivity index (χ0n) is 12.7. The minimum absolute atomic E-state index is 0.197. The summed E-state index contributed by atoms with van der Waals surface area (Å²) in [7, 11) is 2.00. The average molecular weight is 353 g/mol. The summed E-state index contributed by atoms with van der Waals surface area (Å²) in [6.45, 7) is 0. The number of halogens is 1. The lowest BCUT2D eigenvalue weighted by molar-refractivity contribution is -0.0626. The highest BCUT2D eigenvalue weighted by atomic mass is 79.9. The highest BCUT2D eigenvalue weighted by Gasteiger charge is 2.51. The summed E-state index contributed by atoms with van der Waals surface area (Å²) in [5.74, 6) is 8.89. The van der Waals surface area contributed by atoms with Crippen molar-refractivity contribution >= 4 is 15.9 Å². The molecule has 5 rings (SSSR count). The normalized spacial score (nSPS) is 38.9. The summed E-state index contributed by atoms with van der Waals surface area (Å²) >= 11 is 3.63. The Hall–Kier alpha value is -0.390. The smallest absolute Gasteiger partial charge is 0.0706 e. The molecule has 4 fully saturated rings. The van der Waals surface area contributed by atoms with Crippen molar-refractivity contribution < 1.29 is 0 Å². The van der Waals surface area contributed by atoms with Crippen LogP contribution in [-0.4, -0.2) is 9.78 Å². The Morgan fingerprint density at radius 2 is 1.90 bits per heavy atom. The largest absolute Gasteiger partial charge is 0.271 e. The van der Waals surface area contributed by atoms with Gasteiger partial charge in [0.15, 0.2) is 0 Å². The number of nitrogens with two attached hydrogens (primary N) is 1. The number of hydrogen-bond donors (Lipinski definition) is 2. The van der Waals surface area contributed by atoms with Crippen molar-refractivity contribution in [2.45, 2.75) is 51.0 Å². The molecule has 4 aliphatic carbocycles. The number of nitrogens with one attached hydrogen (secondary N) is 1. The van der Waals surface area contributed by atoms with E-state index in [4.69, 9.17) is 5.84 Å². The van der Waals surface area contributed by atoms with Gasteiger partial charge in [0.2, 0.25) is 0 Å². The van der Waals surface area contributed by atoms with Crippen LogP contribution in [0.25, 0.3) is 0 Å². The lowest BCUT2D eigenvalue weighted by Crippen LogP contribution is -2.48. The molecule has 0 saturated heterocycles. The van der Waals surface area contributed by atoms with Gasteiger partial charge in [-0.15, -0.1) is 0 Å². The maximum absolute atomic E-state index is 5.92. The Bertz CT molecular complexity index is 484. The molecule has 4 nitrogen and oxygen atoms in total. The van der Waals surface area contributed by atoms with E-state index in [2.05, 4.69) is 26.5 Å². The van der Waals surface area contributed by atoms with Crippen molar-refractivity contribution in [3.63, 3.8) is 0 Å². The number of rotatable bonds is 4. The molecule has 4 bridgehead atoms. The highest BCUT2D eigenvalue weighted by molar-refractivity contribution is 9.10. The zero-order valence-corrected chi connectivity index (χ0v) is 14.3. The third-order valence-corrected chi connectivity index (χ3v) is 6.88. The topological polar surface area (TPSA) is 55.9 Å². The summed E-state index contributed by atoms with van der Waals surface area (Å²) in [6, 6.07) is 0.197. The molecule has 4 aliphatic rings. The number of nitrogens with zero attached hydrogens (tertiary/aromatic N) is 2. The molecule has 1 unspecified atom stereocenters. The first-order valence-electron chi connectivity index (χ1n) is 8.22. The van der Waals surface area contributed by atoms with E-state index >= 15 is 0 Å². The van der Waals surface area contributed by atoms with E-state index in [9.17, 15) is 0 Å². The Balaban J connectivity index is 1.59. The fourth-order valence-electron chi connectivity index (χ4n) is 6.02. The molecule has 116 valence electrons. The van der Waals surface area contributed by atoms with E-state index in [1.807, 2.05) is 17.9 Å². The molecule has 0 aromatic carbocycles. The standard InChI is InChI=1S/C16H25BrN4/c1-21-15(13(17)9-19-21)14(20-18)8-16-5-10-2-11(6-16)4-12(3-10)7-16/h9-12,14,20H,2-8,18H2,1H3. The van der Waals surface area contributed by atoms with Gasteiger partial charge in [-0.1, -0.05) is 0 Å². The second-order valence-corrected chi connectivity index (χ2v) is 8.70. The molecule has 1 aromatic heterocycles. The molecule has 4 saturated carbocycles. The van der Waals surface area contributed by atoms with Crippen LogP contribution in [0.4, 0.5) is 0 Å². The average Bonchev–Trinajstić information content (AvgIpc) is 2.74. The first-order valence-corrected chi connectivity index (χ1v) is 9.01. The second kappa shape index (κ2) is 5.07. The SMILES string of the molecule is Cn1ncc(Br)c1C(CC12CC3CC(CC(C3)C1)C2)NN. The van der Waals surface area contributed by atoms with Gasteiger partial charge in [0.25, 0.3) is 0 Å². The molecule has 0 radical (unpaired) electrons. The quantitative estimate of drug-likeness (QED) is 0.645. The summed E-state index contributed by atoms with van der Waals surface area (Å²) in [4.78, 5) is 0. The van der Waals surface area contributed by atoms with Crippen LogP contribution in [0.2, 0.25) is 0 Å². The summed E-state index contributed by atoms with van der Waals surface area (Å²) in [6.07, 6.45) is 11.8. The minimum Gasteiger partial charge on any atom is -0.271 e. The second-order valence-electron chi connectivity index (χ2n) is 7.84. The van der Waals surface area contributed by atoms with Gasteiger partial charge in [-0.3, -0.25) is 16.0 Å². The third kappa shape index (κ3) is 2.37. The predicted molar refractivity (Wildman–Crippen MR) is 86.2 cm³/mol. The van der Waals surface area contributed by atoms with Gasteiger partial charge < -0.3 is 0 Å². The Morgan fingerprint density at radius 3 is 2.33 bits per heavy atom. The van der Waals surface area contributed by atoms with Crippen molar-refractivity contribution in [2.75, 3.05) is 0 Å². The van der Waals surface area contributed by atoms with Crippen LogP contribution in [0.3, 0.4) is 0 Å². The lowest BCUT2D eigenvalue weighted by Gasteiger charge is -2.57. The van der Waals surface area contributed by atoms with Gasteiger partial charge in [-0.2, -0.15) is 5.10 Å². The third-order valence-electron chi connectivity index (χ3n) is 6.27. The van der Waals surface area contributed by atoms with E-state index in [1.165, 1.54) is 44.2 Å². The molecule has 1 atom stereocenters. The van der Waals surface area contributed by atoms with Crippen LogP contribution < -0.4 is 11.3 Å². The van der Waals surface area contributed by atoms with Crippen LogP contribution in [0.5, 0.6) is 0 Å². The summed E-state index contributed by atoms with van der Waals surface area (Å²) in [5, 5.41) is 4.35. The van der Waals surface area contributed by atoms with Crippen LogP contribution >= 0.6 is 15.9 Å². The molecule has 21 heavy (non-hydrogen) atoms. The van der Waals surface area contributed by atoms with E-state index in [0.29, 0.717) is 5.41 Å². The molecular formula is C16H25BrN4. The van der Waals surface area contributed by atoms with Crippen LogP contribution in [0, 0.1) is 23.2 Å². The van der Waals surface area contributed by atoms with E-state index < -0.39 is 0 Å². The van der Waals surface area contributed by atoms with Crippen molar-refractivity contribution in [3.8, 4) is 0 Å². The number of hydrogen-bond acceptors (Lipinski definition) is 3. The highest BCUT2D eigenvalue weighted by Crippen LogP contribution is 2.62. The Labute approximate surface area is 134 Å². The number of hydrazine groups is 1. The molecule has 5 heteroatoms. The predicted octanol–water partition coefficient (Wildman–Crippen LogP) is 3.29. The van der Waals surface area contributed by atoms with Crippen molar-refractivity contribution in [3.05, 3.63) is 16.4 Å². The summed E-state index contributed by atoms with van der Waals surface area (Å²) in [5.41, 5.74) is 4.78. The van der Waals surface area contributed by atoms with Gasteiger partial charge >= 0.3 is 0 Å². The molecule has 1 heterocycles.